The maximum Gasteiger partial charge on any atom is 0.265 e. The van der Waals surface area contributed by atoms with Crippen LogP contribution in [0, 0.1) is 26.6 Å². The predicted molar refractivity (Wildman–Crippen MR) is 132 cm³/mol. The first kappa shape index (κ1) is 24.4. The first-order valence-corrected chi connectivity index (χ1v) is 12.6. The van der Waals surface area contributed by atoms with Crippen molar-refractivity contribution in [2.75, 3.05) is 9.62 Å². The molecule has 1 aliphatic heterocycles. The molecular formula is C26H26FN3O4S. The summed E-state index contributed by atoms with van der Waals surface area (Å²) in [5.41, 5.74) is 3.37. The van der Waals surface area contributed by atoms with Gasteiger partial charge in [-0.2, -0.15) is 0 Å². The van der Waals surface area contributed by atoms with Gasteiger partial charge in [0, 0.05) is 6.54 Å². The van der Waals surface area contributed by atoms with Gasteiger partial charge in [-0.05, 0) is 61.7 Å². The van der Waals surface area contributed by atoms with Crippen molar-refractivity contribution in [1.82, 2.24) is 5.32 Å². The van der Waals surface area contributed by atoms with Gasteiger partial charge in [-0.1, -0.05) is 42.0 Å². The summed E-state index contributed by atoms with van der Waals surface area (Å²) in [6.45, 7) is 5.43. The summed E-state index contributed by atoms with van der Waals surface area (Å²) in [6.07, 6.45) is -0.384. The Morgan fingerprint density at radius 3 is 2.31 bits per heavy atom. The fourth-order valence-electron chi connectivity index (χ4n) is 4.46. The highest BCUT2D eigenvalue weighted by molar-refractivity contribution is 7.93. The number of aryl methyl sites for hydroxylation is 3. The van der Waals surface area contributed by atoms with Gasteiger partial charge in [0.15, 0.2) is 0 Å². The number of sulfonamides is 1. The van der Waals surface area contributed by atoms with Crippen molar-refractivity contribution in [1.29, 1.82) is 0 Å². The Kier molecular flexibility index (Phi) is 6.62. The molecule has 0 saturated heterocycles. The number of nitrogens with one attached hydrogen (secondary N) is 2. The quantitative estimate of drug-likeness (QED) is 0.541. The third-order valence-electron chi connectivity index (χ3n) is 5.89. The van der Waals surface area contributed by atoms with Crippen molar-refractivity contribution in [2.24, 2.45) is 0 Å². The molecule has 0 fully saturated rings. The third kappa shape index (κ3) is 4.90. The van der Waals surface area contributed by atoms with Crippen molar-refractivity contribution in [2.45, 2.75) is 44.7 Å². The molecule has 1 atom stereocenters. The van der Waals surface area contributed by atoms with Gasteiger partial charge in [-0.3, -0.25) is 13.9 Å². The normalized spacial score (nSPS) is 15.4. The summed E-state index contributed by atoms with van der Waals surface area (Å²) < 4.78 is 42.3. The molecule has 9 heteroatoms. The smallest absolute Gasteiger partial charge is 0.265 e. The first-order chi connectivity index (χ1) is 16.6. The Hall–Kier alpha value is -3.72. The van der Waals surface area contributed by atoms with E-state index in [1.807, 2.05) is 6.92 Å². The zero-order valence-electron chi connectivity index (χ0n) is 19.6. The van der Waals surface area contributed by atoms with Crippen LogP contribution >= 0.6 is 0 Å². The van der Waals surface area contributed by atoms with E-state index in [-0.39, 0.29) is 23.7 Å². The molecule has 1 heterocycles. The number of anilines is 2. The highest BCUT2D eigenvalue weighted by Crippen LogP contribution is 2.38. The Morgan fingerprint density at radius 1 is 1.03 bits per heavy atom. The van der Waals surface area contributed by atoms with Crippen LogP contribution in [0.15, 0.2) is 65.6 Å². The lowest BCUT2D eigenvalue weighted by Gasteiger charge is -2.37. The number of hydrogen-bond acceptors (Lipinski definition) is 4. The van der Waals surface area contributed by atoms with Gasteiger partial charge in [0.2, 0.25) is 11.8 Å². The molecule has 1 aliphatic rings. The zero-order valence-corrected chi connectivity index (χ0v) is 20.4. The standard InChI is InChI=1S/C26H26FN3O4S/c1-16-12-17(2)25(18(3)13-16)35(33,34)30-22-7-5-4-6-21(22)29-26(32)23(30)14-24(31)28-15-19-8-10-20(27)11-9-19/h4-13,23H,14-15H2,1-3H3,(H,28,31)(H,29,32). The van der Waals surface area contributed by atoms with E-state index in [0.717, 1.165) is 9.87 Å². The fraction of sp³-hybridized carbons (Fsp3) is 0.231. The van der Waals surface area contributed by atoms with Crippen LogP contribution in [0.4, 0.5) is 15.8 Å². The highest BCUT2D eigenvalue weighted by Gasteiger charge is 2.42. The zero-order chi connectivity index (χ0) is 25.3. The molecule has 2 N–H and O–H groups in total. The van der Waals surface area contributed by atoms with Crippen LogP contribution in [-0.4, -0.2) is 26.3 Å². The fourth-order valence-corrected chi connectivity index (χ4v) is 6.51. The van der Waals surface area contributed by atoms with Crippen molar-refractivity contribution in [3.8, 4) is 0 Å². The number of carbonyl (C=O) groups excluding carboxylic acids is 2. The van der Waals surface area contributed by atoms with E-state index in [1.165, 1.54) is 12.1 Å². The van der Waals surface area contributed by atoms with Crippen molar-refractivity contribution >= 4 is 33.2 Å². The molecule has 0 bridgehead atoms. The largest absolute Gasteiger partial charge is 0.352 e. The number of halogens is 1. The lowest BCUT2D eigenvalue weighted by atomic mass is 10.1. The molecule has 0 saturated carbocycles. The molecule has 3 aromatic rings. The number of benzene rings is 3. The SMILES string of the molecule is Cc1cc(C)c(S(=O)(=O)N2c3ccccc3NC(=O)C2CC(=O)NCc2ccc(F)cc2)c(C)c1. The van der Waals surface area contributed by atoms with Crippen molar-refractivity contribution < 1.29 is 22.4 Å². The van der Waals surface area contributed by atoms with Crippen LogP contribution in [0.2, 0.25) is 0 Å². The summed E-state index contributed by atoms with van der Waals surface area (Å²) in [7, 11) is -4.20. The number of hydrogen-bond donors (Lipinski definition) is 2. The molecule has 7 nitrogen and oxygen atoms in total. The molecule has 0 aliphatic carbocycles. The topological polar surface area (TPSA) is 95.6 Å². The third-order valence-corrected chi connectivity index (χ3v) is 8.02. The van der Waals surface area contributed by atoms with Crippen molar-refractivity contribution in [3.05, 3.63) is 88.7 Å². The van der Waals surface area contributed by atoms with E-state index in [0.29, 0.717) is 28.1 Å². The minimum Gasteiger partial charge on any atom is -0.352 e. The number of nitrogens with zero attached hydrogens (tertiary/aromatic N) is 1. The highest BCUT2D eigenvalue weighted by atomic mass is 32.2. The van der Waals surface area contributed by atoms with Gasteiger partial charge in [0.05, 0.1) is 22.7 Å². The minimum atomic E-state index is -4.20. The summed E-state index contributed by atoms with van der Waals surface area (Å²) in [4.78, 5) is 26.0. The first-order valence-electron chi connectivity index (χ1n) is 11.1. The van der Waals surface area contributed by atoms with Gasteiger partial charge in [0.1, 0.15) is 11.9 Å². The van der Waals surface area contributed by atoms with E-state index in [1.54, 1.807) is 62.4 Å². The maximum atomic E-state index is 14.0. The second-order valence-electron chi connectivity index (χ2n) is 8.66. The monoisotopic (exact) mass is 495 g/mol. The van der Waals surface area contributed by atoms with Crippen LogP contribution in [-0.2, 0) is 26.2 Å². The lowest BCUT2D eigenvalue weighted by Crippen LogP contribution is -2.53. The van der Waals surface area contributed by atoms with Gasteiger partial charge >= 0.3 is 0 Å². The summed E-state index contributed by atoms with van der Waals surface area (Å²) in [6, 6.07) is 14.5. The van der Waals surface area contributed by atoms with Crippen LogP contribution in [0.25, 0.3) is 0 Å². The number of para-hydroxylation sites is 2. The number of carbonyl (C=O) groups is 2. The number of amides is 2. The molecule has 0 radical (unpaired) electrons. The van der Waals surface area contributed by atoms with Gasteiger partial charge in [-0.25, -0.2) is 12.8 Å². The van der Waals surface area contributed by atoms with E-state index >= 15 is 0 Å². The molecule has 182 valence electrons. The summed E-state index contributed by atoms with van der Waals surface area (Å²) >= 11 is 0. The van der Waals surface area contributed by atoms with Crippen molar-refractivity contribution in [3.63, 3.8) is 0 Å². The second-order valence-corrected chi connectivity index (χ2v) is 10.4. The molecular weight excluding hydrogens is 469 g/mol. The molecule has 4 rings (SSSR count). The minimum absolute atomic E-state index is 0.115. The second kappa shape index (κ2) is 9.50. The Morgan fingerprint density at radius 2 is 1.66 bits per heavy atom. The van der Waals surface area contributed by atoms with Gasteiger partial charge in [0.25, 0.3) is 10.0 Å². The van der Waals surface area contributed by atoms with E-state index < -0.39 is 27.9 Å². The molecule has 0 spiro atoms. The average Bonchev–Trinajstić information content (AvgIpc) is 2.78. The van der Waals surface area contributed by atoms with Crippen LogP contribution in [0.1, 0.15) is 28.7 Å². The molecule has 3 aromatic carbocycles. The lowest BCUT2D eigenvalue weighted by molar-refractivity contribution is -0.125. The predicted octanol–water partition coefficient (Wildman–Crippen LogP) is 3.97. The number of rotatable bonds is 6. The Balaban J connectivity index is 1.70. The Labute approximate surface area is 204 Å². The maximum absolute atomic E-state index is 14.0. The molecule has 0 aromatic heterocycles. The van der Waals surface area contributed by atoms with Crippen LogP contribution in [0.5, 0.6) is 0 Å². The summed E-state index contributed by atoms with van der Waals surface area (Å²) in [5.74, 6) is -1.49. The van der Waals surface area contributed by atoms with Crippen LogP contribution < -0.4 is 14.9 Å². The van der Waals surface area contributed by atoms with Crippen LogP contribution in [0.3, 0.4) is 0 Å². The molecule has 35 heavy (non-hydrogen) atoms. The van der Waals surface area contributed by atoms with E-state index in [2.05, 4.69) is 10.6 Å². The van der Waals surface area contributed by atoms with Gasteiger partial charge in [-0.15, -0.1) is 0 Å². The van der Waals surface area contributed by atoms with E-state index in [4.69, 9.17) is 0 Å². The summed E-state index contributed by atoms with van der Waals surface area (Å²) in [5, 5.41) is 5.41. The average molecular weight is 496 g/mol. The van der Waals surface area contributed by atoms with E-state index in [9.17, 15) is 22.4 Å². The molecule has 2 amide bonds. The van der Waals surface area contributed by atoms with Gasteiger partial charge < -0.3 is 10.6 Å². The Bertz CT molecular complexity index is 1380. The number of fused-ring (bicyclic) bond motifs is 1. The molecule has 1 unspecified atom stereocenters.